The van der Waals surface area contributed by atoms with Gasteiger partial charge >= 0.3 is 5.97 Å². The van der Waals surface area contributed by atoms with Crippen molar-refractivity contribution >= 4 is 59.4 Å². The first-order valence-corrected chi connectivity index (χ1v) is 7.54. The van der Waals surface area contributed by atoms with E-state index in [0.29, 0.717) is 12.3 Å². The van der Waals surface area contributed by atoms with Crippen LogP contribution in [0.2, 0.25) is 0 Å². The number of carboxylic acids is 1. The van der Waals surface area contributed by atoms with Gasteiger partial charge in [0.2, 0.25) is 0 Å². The molecule has 2 N–H and O–H groups in total. The van der Waals surface area contributed by atoms with E-state index in [1.807, 2.05) is 12.1 Å². The van der Waals surface area contributed by atoms with Gasteiger partial charge in [-0.1, -0.05) is 15.9 Å². The number of aromatic carboxylic acids is 1. The Kier molecular flexibility index (Phi) is 4.70. The Balaban J connectivity index is 2.12. The van der Waals surface area contributed by atoms with Gasteiger partial charge in [0.05, 0.1) is 17.8 Å². The van der Waals surface area contributed by atoms with Crippen molar-refractivity contribution in [1.82, 2.24) is 0 Å². The molecule has 0 fully saturated rings. The van der Waals surface area contributed by atoms with E-state index >= 15 is 0 Å². The Morgan fingerprint density at radius 1 is 1.21 bits per heavy atom. The van der Waals surface area contributed by atoms with Gasteiger partial charge in [0.25, 0.3) is 0 Å². The van der Waals surface area contributed by atoms with Crippen molar-refractivity contribution in [2.24, 2.45) is 0 Å². The third-order valence-electron chi connectivity index (χ3n) is 2.35. The van der Waals surface area contributed by atoms with Crippen molar-refractivity contribution in [3.05, 3.63) is 49.2 Å². The van der Waals surface area contributed by atoms with Crippen LogP contribution in [0.15, 0.2) is 42.3 Å². The fourth-order valence-electron chi connectivity index (χ4n) is 1.47. The van der Waals surface area contributed by atoms with Crippen molar-refractivity contribution in [1.29, 1.82) is 0 Å². The monoisotopic (exact) mass is 451 g/mol. The fourth-order valence-corrected chi connectivity index (χ4v) is 4.01. The number of anilines is 1. The van der Waals surface area contributed by atoms with E-state index in [9.17, 15) is 4.79 Å². The Morgan fingerprint density at radius 2 is 1.84 bits per heavy atom. The summed E-state index contributed by atoms with van der Waals surface area (Å²) in [5.41, 5.74) is 1.02. The van der Waals surface area contributed by atoms with E-state index in [2.05, 4.69) is 53.1 Å². The zero-order valence-electron chi connectivity index (χ0n) is 9.41. The second kappa shape index (κ2) is 6.11. The minimum atomic E-state index is -0.999. The van der Waals surface area contributed by atoms with Gasteiger partial charge in [-0.25, -0.2) is 4.79 Å². The molecule has 0 atom stereocenters. The number of carbonyl (C=O) groups is 1. The van der Waals surface area contributed by atoms with Gasteiger partial charge in [-0.05, 0) is 50.1 Å². The summed E-state index contributed by atoms with van der Waals surface area (Å²) in [6.45, 7) is 0.395. The van der Waals surface area contributed by atoms with E-state index in [0.717, 1.165) is 19.1 Å². The molecule has 0 aliphatic heterocycles. The lowest BCUT2D eigenvalue weighted by Gasteiger charge is -2.10. The predicted molar refractivity (Wildman–Crippen MR) is 82.5 cm³/mol. The van der Waals surface area contributed by atoms with Gasteiger partial charge in [-0.15, -0.1) is 0 Å². The summed E-state index contributed by atoms with van der Waals surface area (Å²) in [6.07, 6.45) is 1.23. The lowest BCUT2D eigenvalue weighted by atomic mass is 10.3. The van der Waals surface area contributed by atoms with Crippen LogP contribution in [-0.2, 0) is 6.54 Å². The summed E-state index contributed by atoms with van der Waals surface area (Å²) in [5, 5.41) is 12.0. The summed E-state index contributed by atoms with van der Waals surface area (Å²) in [5.74, 6) is -0.444. The predicted octanol–water partition coefficient (Wildman–Crippen LogP) is 4.88. The standard InChI is InChI=1S/C12H8Br3NO3/c13-7-2-9(14)11(10(15)3-7)16-4-8-1-6(5-19-8)12(17)18/h1-3,5,16H,4H2,(H,17,18). The zero-order valence-corrected chi connectivity index (χ0v) is 14.2. The SMILES string of the molecule is O=C(O)c1coc(CNc2c(Br)cc(Br)cc2Br)c1. The lowest BCUT2D eigenvalue weighted by molar-refractivity contribution is 0.0696. The highest BCUT2D eigenvalue weighted by Crippen LogP contribution is 2.34. The van der Waals surface area contributed by atoms with Gasteiger partial charge in [0, 0.05) is 13.4 Å². The fraction of sp³-hybridized carbons (Fsp3) is 0.0833. The molecule has 2 aromatic rings. The molecule has 1 heterocycles. The van der Waals surface area contributed by atoms with Crippen LogP contribution < -0.4 is 5.32 Å². The minimum absolute atomic E-state index is 0.144. The molecular weight excluding hydrogens is 446 g/mol. The molecule has 100 valence electrons. The van der Waals surface area contributed by atoms with Crippen LogP contribution in [0.5, 0.6) is 0 Å². The highest BCUT2D eigenvalue weighted by molar-refractivity contribution is 9.11. The quantitative estimate of drug-likeness (QED) is 0.692. The van der Waals surface area contributed by atoms with Crippen LogP contribution in [0.4, 0.5) is 5.69 Å². The number of nitrogens with one attached hydrogen (secondary N) is 1. The third-order valence-corrected chi connectivity index (χ3v) is 4.06. The summed E-state index contributed by atoms with van der Waals surface area (Å²) >= 11 is 10.3. The number of furan rings is 1. The molecule has 1 aromatic carbocycles. The second-order valence-corrected chi connectivity index (χ2v) is 6.33. The molecule has 7 heteroatoms. The second-order valence-electron chi connectivity index (χ2n) is 3.70. The smallest absolute Gasteiger partial charge is 0.338 e. The summed E-state index contributed by atoms with van der Waals surface area (Å²) in [6, 6.07) is 5.33. The van der Waals surface area contributed by atoms with Crippen LogP contribution in [-0.4, -0.2) is 11.1 Å². The first-order valence-electron chi connectivity index (χ1n) is 5.16. The molecule has 0 saturated carbocycles. The molecule has 0 radical (unpaired) electrons. The van der Waals surface area contributed by atoms with Crippen LogP contribution in [0.25, 0.3) is 0 Å². The topological polar surface area (TPSA) is 62.5 Å². The number of benzene rings is 1. The molecule has 4 nitrogen and oxygen atoms in total. The molecule has 2 rings (SSSR count). The molecule has 0 amide bonds. The average molecular weight is 454 g/mol. The highest BCUT2D eigenvalue weighted by Gasteiger charge is 2.10. The number of hydrogen-bond acceptors (Lipinski definition) is 3. The van der Waals surface area contributed by atoms with Crippen LogP contribution in [0, 0.1) is 0 Å². The van der Waals surface area contributed by atoms with Crippen LogP contribution in [0.1, 0.15) is 16.1 Å². The zero-order chi connectivity index (χ0) is 14.0. The Hall–Kier alpha value is -0.790. The van der Waals surface area contributed by atoms with E-state index in [-0.39, 0.29) is 5.56 Å². The largest absolute Gasteiger partial charge is 0.478 e. The maximum absolute atomic E-state index is 10.7. The van der Waals surface area contributed by atoms with Crippen LogP contribution >= 0.6 is 47.8 Å². The summed E-state index contributed by atoms with van der Waals surface area (Å²) in [4.78, 5) is 10.7. The summed E-state index contributed by atoms with van der Waals surface area (Å²) < 4.78 is 7.89. The average Bonchev–Trinajstić information content (AvgIpc) is 2.76. The molecule has 0 bridgehead atoms. The number of halogens is 3. The van der Waals surface area contributed by atoms with E-state index < -0.39 is 5.97 Å². The number of rotatable bonds is 4. The molecule has 0 saturated heterocycles. The number of carboxylic acid groups (broad SMARTS) is 1. The van der Waals surface area contributed by atoms with Gasteiger partial charge < -0.3 is 14.8 Å². The maximum atomic E-state index is 10.7. The van der Waals surface area contributed by atoms with E-state index in [1.54, 1.807) is 0 Å². The molecule has 1 aromatic heterocycles. The van der Waals surface area contributed by atoms with Gasteiger partial charge in [0.15, 0.2) is 0 Å². The molecule has 19 heavy (non-hydrogen) atoms. The van der Waals surface area contributed by atoms with Crippen LogP contribution in [0.3, 0.4) is 0 Å². The summed E-state index contributed by atoms with van der Waals surface area (Å²) in [7, 11) is 0. The van der Waals surface area contributed by atoms with E-state index in [4.69, 9.17) is 9.52 Å². The highest BCUT2D eigenvalue weighted by atomic mass is 79.9. The Bertz CT molecular complexity index is 601. The van der Waals surface area contributed by atoms with Crippen molar-refractivity contribution in [3.8, 4) is 0 Å². The van der Waals surface area contributed by atoms with Gasteiger partial charge in [-0.3, -0.25) is 0 Å². The molecule has 0 spiro atoms. The van der Waals surface area contributed by atoms with Crippen molar-refractivity contribution in [3.63, 3.8) is 0 Å². The molecular formula is C12H8Br3NO3. The first kappa shape index (κ1) is 14.6. The molecule has 0 aliphatic rings. The van der Waals surface area contributed by atoms with Crippen molar-refractivity contribution < 1.29 is 14.3 Å². The minimum Gasteiger partial charge on any atom is -0.478 e. The first-order chi connectivity index (χ1) is 8.97. The van der Waals surface area contributed by atoms with Crippen molar-refractivity contribution in [2.75, 3.05) is 5.32 Å². The lowest BCUT2D eigenvalue weighted by Crippen LogP contribution is -2.00. The van der Waals surface area contributed by atoms with Crippen molar-refractivity contribution in [2.45, 2.75) is 6.54 Å². The Labute approximate surface area is 134 Å². The molecule has 0 unspecified atom stereocenters. The van der Waals surface area contributed by atoms with Gasteiger partial charge in [0.1, 0.15) is 12.0 Å². The molecule has 0 aliphatic carbocycles. The number of hydrogen-bond donors (Lipinski definition) is 2. The third kappa shape index (κ3) is 3.61. The maximum Gasteiger partial charge on any atom is 0.338 e. The van der Waals surface area contributed by atoms with Gasteiger partial charge in [-0.2, -0.15) is 0 Å². The normalized spacial score (nSPS) is 10.5. The van der Waals surface area contributed by atoms with E-state index in [1.165, 1.54) is 12.3 Å². The Morgan fingerprint density at radius 3 is 2.37 bits per heavy atom.